The van der Waals surface area contributed by atoms with Gasteiger partial charge < -0.3 is 9.32 Å². The zero-order chi connectivity index (χ0) is 17.2. The Hall–Kier alpha value is -2.69. The number of rotatable bonds is 4. The van der Waals surface area contributed by atoms with Crippen LogP contribution >= 0.6 is 0 Å². The van der Waals surface area contributed by atoms with Gasteiger partial charge in [-0.1, -0.05) is 42.5 Å². The van der Waals surface area contributed by atoms with Gasteiger partial charge in [0.1, 0.15) is 6.42 Å². The lowest BCUT2D eigenvalue weighted by Crippen LogP contribution is -2.37. The second-order valence-corrected chi connectivity index (χ2v) is 6.66. The molecule has 0 radical (unpaired) electrons. The number of hydrogen-bond acceptors (Lipinski definition) is 4. The maximum absolute atomic E-state index is 12.6. The van der Waals surface area contributed by atoms with E-state index in [0.29, 0.717) is 11.8 Å². The van der Waals surface area contributed by atoms with Gasteiger partial charge in [-0.05, 0) is 35.6 Å². The van der Waals surface area contributed by atoms with Crippen molar-refractivity contribution in [3.63, 3.8) is 0 Å². The summed E-state index contributed by atoms with van der Waals surface area (Å²) in [7, 11) is 0. The molecule has 1 atom stereocenters. The highest BCUT2D eigenvalue weighted by atomic mass is 16.4. The molecule has 5 heteroatoms. The number of aryl methyl sites for hydroxylation is 1. The molecule has 0 bridgehead atoms. The van der Waals surface area contributed by atoms with Crippen LogP contribution in [0.25, 0.3) is 10.8 Å². The van der Waals surface area contributed by atoms with E-state index in [1.165, 1.54) is 16.3 Å². The van der Waals surface area contributed by atoms with E-state index < -0.39 is 0 Å². The van der Waals surface area contributed by atoms with Crippen molar-refractivity contribution < 1.29 is 9.21 Å². The van der Waals surface area contributed by atoms with Gasteiger partial charge in [0.05, 0.1) is 0 Å². The summed E-state index contributed by atoms with van der Waals surface area (Å²) in [6, 6.07) is 15.2. The second-order valence-electron chi connectivity index (χ2n) is 6.66. The van der Waals surface area contributed by atoms with E-state index >= 15 is 0 Å². The normalized spacial score (nSPS) is 17.3. The minimum atomic E-state index is 0.0759. The SMILES string of the molecule is Cc1nnc(CC(=O)N2CCCC2Cc2ccc3ccccc3c2)o1. The molecule has 1 amide bonds. The molecule has 0 saturated carbocycles. The van der Waals surface area contributed by atoms with Crippen molar-refractivity contribution in [2.45, 2.75) is 38.6 Å². The van der Waals surface area contributed by atoms with Crippen molar-refractivity contribution in [1.29, 1.82) is 0 Å². The summed E-state index contributed by atoms with van der Waals surface area (Å²) in [5.41, 5.74) is 1.28. The van der Waals surface area contributed by atoms with Crippen molar-refractivity contribution in [3.05, 3.63) is 59.8 Å². The molecule has 1 aliphatic rings. The lowest BCUT2D eigenvalue weighted by atomic mass is 10.0. The van der Waals surface area contributed by atoms with E-state index in [2.05, 4.69) is 52.7 Å². The number of nitrogens with zero attached hydrogens (tertiary/aromatic N) is 3. The zero-order valence-corrected chi connectivity index (χ0v) is 14.3. The van der Waals surface area contributed by atoms with Crippen molar-refractivity contribution in [2.24, 2.45) is 0 Å². The Labute approximate surface area is 146 Å². The Kier molecular flexibility index (Phi) is 4.22. The van der Waals surface area contributed by atoms with Crippen molar-refractivity contribution in [2.75, 3.05) is 6.54 Å². The Morgan fingerprint density at radius 2 is 2.04 bits per heavy atom. The maximum atomic E-state index is 12.6. The number of carbonyl (C=O) groups is 1. The van der Waals surface area contributed by atoms with Crippen LogP contribution in [0.3, 0.4) is 0 Å². The standard InChI is InChI=1S/C20H21N3O2/c1-14-21-22-19(25-14)13-20(24)23-10-4-7-18(23)12-15-8-9-16-5-2-3-6-17(16)11-15/h2-3,5-6,8-9,11,18H,4,7,10,12-13H2,1H3. The highest BCUT2D eigenvalue weighted by Crippen LogP contribution is 2.24. The van der Waals surface area contributed by atoms with Crippen molar-refractivity contribution in [3.8, 4) is 0 Å². The molecule has 1 saturated heterocycles. The summed E-state index contributed by atoms with van der Waals surface area (Å²) in [5, 5.41) is 10.2. The lowest BCUT2D eigenvalue weighted by molar-refractivity contribution is -0.131. The number of amides is 1. The molecule has 3 aromatic rings. The van der Waals surface area contributed by atoms with Gasteiger partial charge in [-0.3, -0.25) is 4.79 Å². The summed E-state index contributed by atoms with van der Waals surface area (Å²) in [4.78, 5) is 14.6. The third kappa shape index (κ3) is 3.40. The Bertz CT molecular complexity index is 903. The summed E-state index contributed by atoms with van der Waals surface area (Å²) < 4.78 is 5.35. The predicted octanol–water partition coefficient (Wildman–Crippen LogP) is 3.31. The third-order valence-electron chi connectivity index (χ3n) is 4.85. The fourth-order valence-corrected chi connectivity index (χ4v) is 3.65. The molecule has 0 N–H and O–H groups in total. The van der Waals surface area contributed by atoms with Crippen LogP contribution in [0.4, 0.5) is 0 Å². The molecule has 5 nitrogen and oxygen atoms in total. The number of hydrogen-bond donors (Lipinski definition) is 0. The highest BCUT2D eigenvalue weighted by Gasteiger charge is 2.29. The second kappa shape index (κ2) is 6.67. The van der Waals surface area contributed by atoms with Gasteiger partial charge in [0.2, 0.25) is 17.7 Å². The van der Waals surface area contributed by atoms with Gasteiger partial charge in [0, 0.05) is 19.5 Å². The quantitative estimate of drug-likeness (QED) is 0.734. The number of likely N-dealkylation sites (tertiary alicyclic amines) is 1. The van der Waals surface area contributed by atoms with Gasteiger partial charge in [-0.25, -0.2) is 0 Å². The Morgan fingerprint density at radius 3 is 2.84 bits per heavy atom. The number of carbonyl (C=O) groups excluding carboxylic acids is 1. The van der Waals surface area contributed by atoms with E-state index in [1.807, 2.05) is 4.90 Å². The summed E-state index contributed by atoms with van der Waals surface area (Å²) in [6.45, 7) is 2.55. The first-order valence-corrected chi connectivity index (χ1v) is 8.75. The van der Waals surface area contributed by atoms with Crippen LogP contribution in [0.5, 0.6) is 0 Å². The minimum absolute atomic E-state index is 0.0759. The maximum Gasteiger partial charge on any atom is 0.232 e. The largest absolute Gasteiger partial charge is 0.425 e. The van der Waals surface area contributed by atoms with E-state index in [9.17, 15) is 4.79 Å². The smallest absolute Gasteiger partial charge is 0.232 e. The highest BCUT2D eigenvalue weighted by molar-refractivity contribution is 5.83. The molecule has 2 heterocycles. The van der Waals surface area contributed by atoms with Gasteiger partial charge in [0.25, 0.3) is 0 Å². The van der Waals surface area contributed by atoms with E-state index in [-0.39, 0.29) is 18.4 Å². The van der Waals surface area contributed by atoms with Crippen LogP contribution in [0.15, 0.2) is 46.9 Å². The van der Waals surface area contributed by atoms with Crippen LogP contribution in [0.1, 0.15) is 30.2 Å². The molecule has 1 unspecified atom stereocenters. The van der Waals surface area contributed by atoms with Crippen LogP contribution in [-0.4, -0.2) is 33.6 Å². The number of benzene rings is 2. The average molecular weight is 335 g/mol. The van der Waals surface area contributed by atoms with Crippen LogP contribution in [0.2, 0.25) is 0 Å². The van der Waals surface area contributed by atoms with Crippen LogP contribution in [-0.2, 0) is 17.6 Å². The van der Waals surface area contributed by atoms with Crippen molar-refractivity contribution in [1.82, 2.24) is 15.1 Å². The van der Waals surface area contributed by atoms with Gasteiger partial charge >= 0.3 is 0 Å². The average Bonchev–Trinajstić information content (AvgIpc) is 3.24. The van der Waals surface area contributed by atoms with Gasteiger partial charge in [-0.2, -0.15) is 0 Å². The van der Waals surface area contributed by atoms with E-state index in [1.54, 1.807) is 6.92 Å². The monoisotopic (exact) mass is 335 g/mol. The topological polar surface area (TPSA) is 59.2 Å². The fourth-order valence-electron chi connectivity index (χ4n) is 3.65. The molecule has 128 valence electrons. The third-order valence-corrected chi connectivity index (χ3v) is 4.85. The zero-order valence-electron chi connectivity index (χ0n) is 14.3. The molecule has 0 aliphatic carbocycles. The Morgan fingerprint density at radius 1 is 1.20 bits per heavy atom. The van der Waals surface area contributed by atoms with Gasteiger partial charge in [-0.15, -0.1) is 10.2 Å². The molecular weight excluding hydrogens is 314 g/mol. The van der Waals surface area contributed by atoms with E-state index in [4.69, 9.17) is 4.42 Å². The molecule has 1 aliphatic heterocycles. The van der Waals surface area contributed by atoms with E-state index in [0.717, 1.165) is 25.8 Å². The predicted molar refractivity (Wildman–Crippen MR) is 95.1 cm³/mol. The summed E-state index contributed by atoms with van der Waals surface area (Å²) >= 11 is 0. The first-order chi connectivity index (χ1) is 12.2. The molecule has 2 aromatic carbocycles. The lowest BCUT2D eigenvalue weighted by Gasteiger charge is -2.24. The summed E-state index contributed by atoms with van der Waals surface area (Å²) in [5.74, 6) is 0.975. The minimum Gasteiger partial charge on any atom is -0.425 e. The molecule has 0 spiro atoms. The molecular formula is C20H21N3O2. The first kappa shape index (κ1) is 15.8. The van der Waals surface area contributed by atoms with Crippen LogP contribution < -0.4 is 0 Å². The first-order valence-electron chi connectivity index (χ1n) is 8.75. The van der Waals surface area contributed by atoms with Crippen LogP contribution in [0, 0.1) is 6.92 Å². The summed E-state index contributed by atoms with van der Waals surface area (Å²) in [6.07, 6.45) is 3.17. The molecule has 25 heavy (non-hydrogen) atoms. The molecule has 1 aromatic heterocycles. The fraction of sp³-hybridized carbons (Fsp3) is 0.350. The molecule has 4 rings (SSSR count). The molecule has 1 fully saturated rings. The number of fused-ring (bicyclic) bond motifs is 1. The number of aromatic nitrogens is 2. The Balaban J connectivity index is 1.47. The van der Waals surface area contributed by atoms with Gasteiger partial charge in [0.15, 0.2) is 0 Å². The van der Waals surface area contributed by atoms with Crippen molar-refractivity contribution >= 4 is 16.7 Å².